The SMILES string of the molecule is CCNC(=NCc1nnc2ccccn12)NCC1(c2ccccc2OC)CCCC1.I. The Hall–Kier alpha value is -2.36. The number of pyridine rings is 1. The van der Waals surface area contributed by atoms with E-state index in [0.717, 1.165) is 49.1 Å². The molecule has 31 heavy (non-hydrogen) atoms. The molecule has 0 aliphatic heterocycles. The van der Waals surface area contributed by atoms with Crippen LogP contribution in [0.1, 0.15) is 44.0 Å². The molecule has 1 aliphatic rings. The monoisotopic (exact) mass is 534 g/mol. The van der Waals surface area contributed by atoms with Crippen LogP contribution in [0.2, 0.25) is 0 Å². The molecule has 0 amide bonds. The number of halogens is 1. The van der Waals surface area contributed by atoms with E-state index in [1.807, 2.05) is 34.9 Å². The Morgan fingerprint density at radius 1 is 1.10 bits per heavy atom. The molecule has 0 unspecified atom stereocenters. The molecule has 0 radical (unpaired) electrons. The molecular formula is C23H31IN6O. The maximum Gasteiger partial charge on any atom is 0.191 e. The highest BCUT2D eigenvalue weighted by molar-refractivity contribution is 14.0. The van der Waals surface area contributed by atoms with Crippen molar-refractivity contribution in [3.8, 4) is 5.75 Å². The van der Waals surface area contributed by atoms with Crippen molar-refractivity contribution in [2.24, 2.45) is 4.99 Å². The lowest BCUT2D eigenvalue weighted by atomic mass is 9.78. The Balaban J connectivity index is 0.00000272. The van der Waals surface area contributed by atoms with Crippen LogP contribution in [-0.2, 0) is 12.0 Å². The first-order chi connectivity index (χ1) is 14.8. The minimum atomic E-state index is 0. The molecule has 2 aromatic heterocycles. The highest BCUT2D eigenvalue weighted by Gasteiger charge is 2.37. The number of nitrogens with one attached hydrogen (secondary N) is 2. The first kappa shape index (κ1) is 23.3. The Morgan fingerprint density at radius 3 is 2.65 bits per heavy atom. The Morgan fingerprint density at radius 2 is 1.87 bits per heavy atom. The number of fused-ring (bicyclic) bond motifs is 1. The lowest BCUT2D eigenvalue weighted by Crippen LogP contribution is -2.44. The Labute approximate surface area is 200 Å². The van der Waals surface area contributed by atoms with Gasteiger partial charge in [-0.05, 0) is 38.0 Å². The average molecular weight is 534 g/mol. The van der Waals surface area contributed by atoms with E-state index in [2.05, 4.69) is 46.0 Å². The third-order valence-corrected chi connectivity index (χ3v) is 5.94. The van der Waals surface area contributed by atoms with Gasteiger partial charge in [-0.2, -0.15) is 0 Å². The van der Waals surface area contributed by atoms with Crippen LogP contribution in [-0.4, -0.2) is 40.8 Å². The van der Waals surface area contributed by atoms with Gasteiger partial charge in [0.15, 0.2) is 17.4 Å². The van der Waals surface area contributed by atoms with Crippen molar-refractivity contribution in [1.29, 1.82) is 0 Å². The van der Waals surface area contributed by atoms with Gasteiger partial charge >= 0.3 is 0 Å². The highest BCUT2D eigenvalue weighted by atomic mass is 127. The van der Waals surface area contributed by atoms with Crippen LogP contribution < -0.4 is 15.4 Å². The molecule has 4 rings (SSSR count). The smallest absolute Gasteiger partial charge is 0.191 e. The first-order valence-corrected chi connectivity index (χ1v) is 10.7. The molecule has 0 atom stereocenters. The third-order valence-electron chi connectivity index (χ3n) is 5.94. The van der Waals surface area contributed by atoms with Crippen molar-refractivity contribution >= 4 is 35.6 Å². The molecule has 1 aromatic carbocycles. The van der Waals surface area contributed by atoms with E-state index >= 15 is 0 Å². The second-order valence-corrected chi connectivity index (χ2v) is 7.78. The Kier molecular flexibility index (Phi) is 8.11. The Bertz CT molecular complexity index is 1010. The lowest BCUT2D eigenvalue weighted by molar-refractivity contribution is 0.371. The fourth-order valence-electron chi connectivity index (χ4n) is 4.42. The summed E-state index contributed by atoms with van der Waals surface area (Å²) < 4.78 is 7.66. The van der Waals surface area contributed by atoms with Crippen LogP contribution in [0.4, 0.5) is 0 Å². The summed E-state index contributed by atoms with van der Waals surface area (Å²) in [5.74, 6) is 2.59. The molecule has 0 saturated heterocycles. The lowest BCUT2D eigenvalue weighted by Gasteiger charge is -2.32. The van der Waals surface area contributed by atoms with Gasteiger partial charge < -0.3 is 15.4 Å². The maximum atomic E-state index is 5.68. The summed E-state index contributed by atoms with van der Waals surface area (Å²) in [6.07, 6.45) is 6.73. The van der Waals surface area contributed by atoms with Gasteiger partial charge in [-0.3, -0.25) is 4.40 Å². The largest absolute Gasteiger partial charge is 0.496 e. The number of hydrogen-bond donors (Lipinski definition) is 2. The number of ether oxygens (including phenoxy) is 1. The van der Waals surface area contributed by atoms with E-state index in [1.165, 1.54) is 18.4 Å². The molecule has 166 valence electrons. The fourth-order valence-corrected chi connectivity index (χ4v) is 4.42. The van der Waals surface area contributed by atoms with Crippen LogP contribution >= 0.6 is 24.0 Å². The van der Waals surface area contributed by atoms with E-state index in [4.69, 9.17) is 9.73 Å². The quantitative estimate of drug-likeness (QED) is 0.273. The number of aromatic nitrogens is 3. The molecule has 7 nitrogen and oxygen atoms in total. The zero-order chi connectivity index (χ0) is 20.8. The molecule has 1 fully saturated rings. The van der Waals surface area contributed by atoms with Gasteiger partial charge in [0.05, 0.1) is 7.11 Å². The van der Waals surface area contributed by atoms with Crippen molar-refractivity contribution in [3.63, 3.8) is 0 Å². The molecular weight excluding hydrogens is 503 g/mol. The minimum Gasteiger partial charge on any atom is -0.496 e. The highest BCUT2D eigenvalue weighted by Crippen LogP contribution is 2.44. The van der Waals surface area contributed by atoms with E-state index in [0.29, 0.717) is 6.54 Å². The maximum absolute atomic E-state index is 5.68. The van der Waals surface area contributed by atoms with Gasteiger partial charge in [0.25, 0.3) is 0 Å². The molecule has 0 bridgehead atoms. The number of hydrogen-bond acceptors (Lipinski definition) is 4. The number of methoxy groups -OCH3 is 1. The van der Waals surface area contributed by atoms with Crippen LogP contribution in [0.3, 0.4) is 0 Å². The van der Waals surface area contributed by atoms with E-state index < -0.39 is 0 Å². The first-order valence-electron chi connectivity index (χ1n) is 10.7. The molecule has 2 N–H and O–H groups in total. The van der Waals surface area contributed by atoms with Crippen molar-refractivity contribution in [2.75, 3.05) is 20.2 Å². The van der Waals surface area contributed by atoms with Crippen LogP contribution in [0.5, 0.6) is 5.75 Å². The van der Waals surface area contributed by atoms with E-state index in [9.17, 15) is 0 Å². The standard InChI is InChI=1S/C23H30N6O.HI/c1-3-24-22(25-16-21-28-27-20-12-6-9-15-29(20)21)26-17-23(13-7-8-14-23)18-10-4-5-11-19(18)30-2;/h4-6,9-12,15H,3,7-8,13-14,16-17H2,1-2H3,(H2,24,25,26);1H. The van der Waals surface area contributed by atoms with Gasteiger partial charge in [0, 0.05) is 30.3 Å². The number of aliphatic imine (C=N–C) groups is 1. The zero-order valence-electron chi connectivity index (χ0n) is 18.2. The molecule has 1 aliphatic carbocycles. The summed E-state index contributed by atoms with van der Waals surface area (Å²) in [7, 11) is 1.75. The molecule has 2 heterocycles. The van der Waals surface area contributed by atoms with Gasteiger partial charge in [-0.15, -0.1) is 34.2 Å². The van der Waals surface area contributed by atoms with Crippen LogP contribution in [0.25, 0.3) is 5.65 Å². The summed E-state index contributed by atoms with van der Waals surface area (Å²) >= 11 is 0. The minimum absolute atomic E-state index is 0. The number of nitrogens with zero attached hydrogens (tertiary/aromatic N) is 4. The predicted molar refractivity (Wildman–Crippen MR) is 134 cm³/mol. The second kappa shape index (κ2) is 10.8. The topological polar surface area (TPSA) is 75.8 Å². The van der Waals surface area contributed by atoms with Crippen molar-refractivity contribution < 1.29 is 4.74 Å². The van der Waals surface area contributed by atoms with Crippen molar-refractivity contribution in [3.05, 3.63) is 60.0 Å². The summed E-state index contributed by atoms with van der Waals surface area (Å²) in [5.41, 5.74) is 2.18. The van der Waals surface area contributed by atoms with Gasteiger partial charge in [-0.25, -0.2) is 4.99 Å². The molecule has 3 aromatic rings. The normalized spacial score (nSPS) is 15.5. The summed E-state index contributed by atoms with van der Waals surface area (Å²) in [6, 6.07) is 14.3. The van der Waals surface area contributed by atoms with Gasteiger partial charge in [0.1, 0.15) is 12.3 Å². The number of para-hydroxylation sites is 1. The number of benzene rings is 1. The predicted octanol–water partition coefficient (Wildman–Crippen LogP) is 3.92. The van der Waals surface area contributed by atoms with Crippen LogP contribution in [0, 0.1) is 0 Å². The van der Waals surface area contributed by atoms with Crippen LogP contribution in [0.15, 0.2) is 53.7 Å². The van der Waals surface area contributed by atoms with Gasteiger partial charge in [0.2, 0.25) is 0 Å². The summed E-state index contributed by atoms with van der Waals surface area (Å²) in [4.78, 5) is 4.77. The molecule has 1 saturated carbocycles. The molecule has 8 heteroatoms. The summed E-state index contributed by atoms with van der Waals surface area (Å²) in [6.45, 7) is 4.16. The van der Waals surface area contributed by atoms with Crippen molar-refractivity contribution in [2.45, 2.75) is 44.6 Å². The third kappa shape index (κ3) is 5.11. The number of guanidine groups is 1. The zero-order valence-corrected chi connectivity index (χ0v) is 20.5. The molecule has 0 spiro atoms. The van der Waals surface area contributed by atoms with E-state index in [1.54, 1.807) is 7.11 Å². The number of rotatable bonds is 7. The summed E-state index contributed by atoms with van der Waals surface area (Å²) in [5, 5.41) is 15.4. The van der Waals surface area contributed by atoms with E-state index in [-0.39, 0.29) is 29.4 Å². The van der Waals surface area contributed by atoms with Gasteiger partial charge in [-0.1, -0.05) is 37.1 Å². The second-order valence-electron chi connectivity index (χ2n) is 7.78. The van der Waals surface area contributed by atoms with Crippen molar-refractivity contribution in [1.82, 2.24) is 25.2 Å². The average Bonchev–Trinajstić information content (AvgIpc) is 3.44. The fraction of sp³-hybridized carbons (Fsp3) is 0.435.